The molecule has 10 heteroatoms. The Hall–Kier alpha value is -4.18. The second kappa shape index (κ2) is 12.6. The second-order valence-electron chi connectivity index (χ2n) is 8.69. The number of fused-ring (bicyclic) bond motifs is 1. The molecule has 1 heterocycles. The van der Waals surface area contributed by atoms with Crippen molar-refractivity contribution in [1.82, 2.24) is 4.90 Å². The molecule has 0 fully saturated rings. The molecule has 1 atom stereocenters. The van der Waals surface area contributed by atoms with Gasteiger partial charge in [-0.15, -0.1) is 0 Å². The summed E-state index contributed by atoms with van der Waals surface area (Å²) in [7, 11) is 7.80. The number of rotatable bonds is 9. The molecule has 1 aliphatic heterocycles. The first kappa shape index (κ1) is 27.8. The van der Waals surface area contributed by atoms with Crippen molar-refractivity contribution in [2.45, 2.75) is 12.5 Å². The zero-order valence-corrected chi connectivity index (χ0v) is 23.4. The van der Waals surface area contributed by atoms with Gasteiger partial charge in [-0.1, -0.05) is 0 Å². The highest BCUT2D eigenvalue weighted by Gasteiger charge is 2.32. The predicted octanol–water partition coefficient (Wildman–Crippen LogP) is 4.88. The van der Waals surface area contributed by atoms with Crippen molar-refractivity contribution >= 4 is 29.0 Å². The van der Waals surface area contributed by atoms with E-state index in [1.165, 1.54) is 7.11 Å². The Morgan fingerprint density at radius 2 is 1.54 bits per heavy atom. The average molecular weight is 553 g/mol. The Labute approximate surface area is 233 Å². The number of carbonyl (C=O) groups excluding carboxylic acids is 1. The minimum atomic E-state index is -0.403. The molecule has 4 rings (SSSR count). The van der Waals surface area contributed by atoms with Gasteiger partial charge >= 0.3 is 5.97 Å². The lowest BCUT2D eigenvalue weighted by molar-refractivity contribution is 0.0600. The van der Waals surface area contributed by atoms with E-state index in [4.69, 9.17) is 40.6 Å². The minimum absolute atomic E-state index is 0.245. The highest BCUT2D eigenvalue weighted by molar-refractivity contribution is 7.80. The summed E-state index contributed by atoms with van der Waals surface area (Å²) < 4.78 is 33.0. The van der Waals surface area contributed by atoms with E-state index < -0.39 is 5.97 Å². The molecular formula is C29H32N2O7S. The summed E-state index contributed by atoms with van der Waals surface area (Å²) >= 11 is 5.90. The van der Waals surface area contributed by atoms with E-state index >= 15 is 0 Å². The fourth-order valence-electron chi connectivity index (χ4n) is 4.53. The van der Waals surface area contributed by atoms with Crippen LogP contribution in [0.15, 0.2) is 54.6 Å². The molecule has 3 aromatic rings. The van der Waals surface area contributed by atoms with Crippen molar-refractivity contribution in [1.29, 1.82) is 0 Å². The van der Waals surface area contributed by atoms with Crippen LogP contribution in [-0.4, -0.2) is 64.7 Å². The lowest BCUT2D eigenvalue weighted by Crippen LogP contribution is -2.44. The highest BCUT2D eigenvalue weighted by atomic mass is 32.1. The molecule has 0 aromatic heterocycles. The quantitative estimate of drug-likeness (QED) is 0.293. The van der Waals surface area contributed by atoms with Gasteiger partial charge in [-0.05, 0) is 78.3 Å². The van der Waals surface area contributed by atoms with E-state index in [0.29, 0.717) is 51.7 Å². The summed E-state index contributed by atoms with van der Waals surface area (Å²) in [6, 6.07) is 16.0. The van der Waals surface area contributed by atoms with Crippen molar-refractivity contribution in [3.8, 4) is 28.7 Å². The van der Waals surface area contributed by atoms with Gasteiger partial charge in [0.1, 0.15) is 23.9 Å². The number of carbonyl (C=O) groups is 1. The van der Waals surface area contributed by atoms with Crippen LogP contribution in [0.25, 0.3) is 0 Å². The van der Waals surface area contributed by atoms with E-state index in [-0.39, 0.29) is 12.6 Å². The number of esters is 1. The Kier molecular flexibility index (Phi) is 8.98. The van der Waals surface area contributed by atoms with E-state index in [2.05, 4.69) is 10.2 Å². The number of hydrogen-bond donors (Lipinski definition) is 1. The third kappa shape index (κ3) is 6.12. The number of ether oxygens (including phenoxy) is 6. The van der Waals surface area contributed by atoms with Gasteiger partial charge in [0.2, 0.25) is 0 Å². The number of anilines is 1. The molecule has 3 aromatic carbocycles. The van der Waals surface area contributed by atoms with Gasteiger partial charge < -0.3 is 38.6 Å². The Bertz CT molecular complexity index is 1330. The lowest BCUT2D eigenvalue weighted by Gasteiger charge is -2.39. The van der Waals surface area contributed by atoms with Crippen molar-refractivity contribution in [2.24, 2.45) is 0 Å². The third-order valence-electron chi connectivity index (χ3n) is 6.60. The molecule has 0 radical (unpaired) electrons. The summed E-state index contributed by atoms with van der Waals surface area (Å²) in [6.45, 7) is 0.938. The zero-order chi connectivity index (χ0) is 27.9. The molecule has 39 heavy (non-hydrogen) atoms. The van der Waals surface area contributed by atoms with Crippen LogP contribution < -0.4 is 29.0 Å². The fourth-order valence-corrected chi connectivity index (χ4v) is 4.86. The minimum Gasteiger partial charge on any atom is -0.497 e. The second-order valence-corrected chi connectivity index (χ2v) is 9.08. The smallest absolute Gasteiger partial charge is 0.337 e. The van der Waals surface area contributed by atoms with Crippen molar-refractivity contribution in [3.63, 3.8) is 0 Å². The van der Waals surface area contributed by atoms with Crippen LogP contribution in [0.1, 0.15) is 27.5 Å². The topological polar surface area (TPSA) is 87.7 Å². The van der Waals surface area contributed by atoms with E-state index in [0.717, 1.165) is 17.5 Å². The molecule has 0 amide bonds. The van der Waals surface area contributed by atoms with Crippen LogP contribution in [0.3, 0.4) is 0 Å². The highest BCUT2D eigenvalue weighted by Crippen LogP contribution is 2.39. The molecular weight excluding hydrogens is 520 g/mol. The van der Waals surface area contributed by atoms with Gasteiger partial charge in [-0.3, -0.25) is 0 Å². The van der Waals surface area contributed by atoms with Crippen LogP contribution in [0.2, 0.25) is 0 Å². The van der Waals surface area contributed by atoms with Crippen molar-refractivity contribution in [2.75, 3.05) is 54.0 Å². The summed E-state index contributed by atoms with van der Waals surface area (Å²) in [5.41, 5.74) is 3.29. The van der Waals surface area contributed by atoms with Gasteiger partial charge in [-0.25, -0.2) is 4.79 Å². The standard InChI is InChI=1S/C29H32N2O7S/c1-33-21-10-11-25(34-2)23(15-21)30-29(39)31-13-12-19-14-26(35-3)27(36-4)16-22(19)24(31)17-38-20-8-6-18(7-9-20)28(32)37-5/h6-11,14-16,24H,12-13,17H2,1-5H3,(H,30,39)/t24-/m1/s1. The maximum absolute atomic E-state index is 11.8. The Morgan fingerprint density at radius 1 is 0.872 bits per heavy atom. The number of nitrogens with zero attached hydrogens (tertiary/aromatic N) is 1. The molecule has 0 unspecified atom stereocenters. The van der Waals surface area contributed by atoms with E-state index in [9.17, 15) is 4.79 Å². The first-order valence-corrected chi connectivity index (χ1v) is 12.7. The maximum Gasteiger partial charge on any atom is 0.337 e. The van der Waals surface area contributed by atoms with Crippen molar-refractivity contribution in [3.05, 3.63) is 71.3 Å². The number of nitrogens with one attached hydrogen (secondary N) is 1. The van der Waals surface area contributed by atoms with E-state index in [1.807, 2.05) is 30.3 Å². The fraction of sp³-hybridized carbons (Fsp3) is 0.310. The average Bonchev–Trinajstić information content (AvgIpc) is 2.98. The summed E-state index contributed by atoms with van der Waals surface area (Å²) in [5.74, 6) is 2.82. The van der Waals surface area contributed by atoms with E-state index in [1.54, 1.807) is 52.7 Å². The first-order chi connectivity index (χ1) is 18.9. The van der Waals surface area contributed by atoms with Crippen LogP contribution >= 0.6 is 12.2 Å². The van der Waals surface area contributed by atoms with Gasteiger partial charge in [0.25, 0.3) is 0 Å². The molecule has 9 nitrogen and oxygen atoms in total. The summed E-state index contributed by atoms with van der Waals surface area (Å²) in [6.07, 6.45) is 0.747. The largest absolute Gasteiger partial charge is 0.497 e. The number of methoxy groups -OCH3 is 5. The van der Waals surface area contributed by atoms with Crippen LogP contribution in [0.5, 0.6) is 28.7 Å². The lowest BCUT2D eigenvalue weighted by atomic mass is 9.92. The zero-order valence-electron chi connectivity index (χ0n) is 22.6. The van der Waals surface area contributed by atoms with Crippen molar-refractivity contribution < 1.29 is 33.2 Å². The molecule has 0 spiro atoms. The molecule has 1 N–H and O–H groups in total. The molecule has 0 bridgehead atoms. The van der Waals surface area contributed by atoms with Gasteiger partial charge in [-0.2, -0.15) is 0 Å². The van der Waals surface area contributed by atoms with Crippen LogP contribution in [0.4, 0.5) is 5.69 Å². The predicted molar refractivity (Wildman–Crippen MR) is 152 cm³/mol. The Balaban J connectivity index is 1.64. The summed E-state index contributed by atoms with van der Waals surface area (Å²) in [5, 5.41) is 3.84. The summed E-state index contributed by atoms with van der Waals surface area (Å²) in [4.78, 5) is 13.9. The van der Waals surface area contributed by atoms with Crippen LogP contribution in [-0.2, 0) is 11.2 Å². The SMILES string of the molecule is COC(=O)c1ccc(OC[C@@H]2c3cc(OC)c(OC)cc3CCN2C(=S)Nc2cc(OC)ccc2OC)cc1. The third-order valence-corrected chi connectivity index (χ3v) is 6.93. The molecule has 1 aliphatic rings. The number of thiocarbonyl (C=S) groups is 1. The maximum atomic E-state index is 11.8. The number of benzene rings is 3. The van der Waals surface area contributed by atoms with Crippen LogP contribution in [0, 0.1) is 0 Å². The van der Waals surface area contributed by atoms with Gasteiger partial charge in [0, 0.05) is 12.6 Å². The van der Waals surface area contributed by atoms with Gasteiger partial charge in [0.15, 0.2) is 16.6 Å². The van der Waals surface area contributed by atoms with Gasteiger partial charge in [0.05, 0.1) is 52.8 Å². The molecule has 0 saturated carbocycles. The normalized spacial score (nSPS) is 14.1. The molecule has 0 aliphatic carbocycles. The molecule has 0 saturated heterocycles. The first-order valence-electron chi connectivity index (χ1n) is 12.3. The number of hydrogen-bond acceptors (Lipinski definition) is 8. The Morgan fingerprint density at radius 3 is 2.18 bits per heavy atom. The monoisotopic (exact) mass is 552 g/mol. The molecule has 206 valence electrons.